The van der Waals surface area contributed by atoms with Gasteiger partial charge in [-0.15, -0.1) is 0 Å². The van der Waals surface area contributed by atoms with Crippen molar-refractivity contribution in [3.8, 4) is 0 Å². The summed E-state index contributed by atoms with van der Waals surface area (Å²) in [7, 11) is 0. The van der Waals surface area contributed by atoms with Crippen LogP contribution in [-0.2, 0) is 11.3 Å². The van der Waals surface area contributed by atoms with Gasteiger partial charge in [0.25, 0.3) is 0 Å². The van der Waals surface area contributed by atoms with Crippen molar-refractivity contribution in [2.45, 2.75) is 44.4 Å². The quantitative estimate of drug-likeness (QED) is 0.836. The molecule has 2 aromatic rings. The minimum atomic E-state index is 0.129. The van der Waals surface area contributed by atoms with Crippen LogP contribution in [0.3, 0.4) is 0 Å². The number of aromatic nitrogens is 4. The molecule has 2 fully saturated rings. The Balaban J connectivity index is 1.39. The van der Waals surface area contributed by atoms with Crippen LogP contribution < -0.4 is 0 Å². The first kappa shape index (κ1) is 13.9. The largest absolute Gasteiger partial charge is 0.374 e. The average Bonchev–Trinajstić information content (AvgIpc) is 3.06. The second kappa shape index (κ2) is 5.81. The van der Waals surface area contributed by atoms with E-state index in [0.29, 0.717) is 5.92 Å². The predicted molar refractivity (Wildman–Crippen MR) is 78.2 cm³/mol. The van der Waals surface area contributed by atoms with Gasteiger partial charge in [-0.2, -0.15) is 10.1 Å². The van der Waals surface area contributed by atoms with Crippen molar-refractivity contribution in [2.24, 2.45) is 0 Å². The highest BCUT2D eigenvalue weighted by Gasteiger charge is 2.32. The normalized spacial score (nSPS) is 24.5. The summed E-state index contributed by atoms with van der Waals surface area (Å²) in [6, 6.07) is 2.06. The molecule has 0 amide bonds. The molecule has 0 bridgehead atoms. The van der Waals surface area contributed by atoms with Crippen molar-refractivity contribution in [1.29, 1.82) is 0 Å². The molecule has 4 rings (SSSR count). The van der Waals surface area contributed by atoms with Gasteiger partial charge in [0.15, 0.2) is 5.82 Å². The van der Waals surface area contributed by atoms with E-state index in [0.717, 1.165) is 38.0 Å². The third-order valence-corrected chi connectivity index (χ3v) is 4.43. The van der Waals surface area contributed by atoms with Gasteiger partial charge in [0, 0.05) is 31.4 Å². The second-order valence-corrected chi connectivity index (χ2v) is 6.16. The van der Waals surface area contributed by atoms with Gasteiger partial charge in [-0.3, -0.25) is 9.58 Å². The Labute approximate surface area is 129 Å². The number of ether oxygens (including phenoxy) is 1. The molecule has 1 saturated carbocycles. The zero-order chi connectivity index (χ0) is 14.9. The monoisotopic (exact) mass is 303 g/mol. The standard InChI is InChI=1S/C15H21N5O2/c1-11(15-17-14(18-22-15)12-3-4-12)19-7-8-21-13(9-19)10-20-6-2-5-16-20/h2,5-6,11-13H,3-4,7-10H2,1H3/t11-,13-/m1/s1. The van der Waals surface area contributed by atoms with E-state index in [1.165, 1.54) is 12.8 Å². The van der Waals surface area contributed by atoms with Gasteiger partial charge in [0.1, 0.15) is 0 Å². The molecular weight excluding hydrogens is 282 g/mol. The highest BCUT2D eigenvalue weighted by molar-refractivity contribution is 5.04. The Morgan fingerprint density at radius 2 is 2.32 bits per heavy atom. The first-order valence-electron chi connectivity index (χ1n) is 7.96. The topological polar surface area (TPSA) is 69.2 Å². The summed E-state index contributed by atoms with van der Waals surface area (Å²) in [5.74, 6) is 2.13. The summed E-state index contributed by atoms with van der Waals surface area (Å²) in [5, 5.41) is 8.36. The fraction of sp³-hybridized carbons (Fsp3) is 0.667. The zero-order valence-electron chi connectivity index (χ0n) is 12.8. The summed E-state index contributed by atoms with van der Waals surface area (Å²) >= 11 is 0. The van der Waals surface area contributed by atoms with Gasteiger partial charge in [0.2, 0.25) is 5.89 Å². The molecule has 22 heavy (non-hydrogen) atoms. The summed E-state index contributed by atoms with van der Waals surface area (Å²) in [4.78, 5) is 6.92. The van der Waals surface area contributed by atoms with Crippen molar-refractivity contribution in [3.63, 3.8) is 0 Å². The van der Waals surface area contributed by atoms with Gasteiger partial charge in [-0.05, 0) is 25.8 Å². The Bertz CT molecular complexity index is 607. The van der Waals surface area contributed by atoms with Crippen LogP contribution >= 0.6 is 0 Å². The third-order valence-electron chi connectivity index (χ3n) is 4.43. The molecule has 0 N–H and O–H groups in total. The smallest absolute Gasteiger partial charge is 0.243 e. The van der Waals surface area contributed by atoms with Crippen LogP contribution in [0.5, 0.6) is 0 Å². The van der Waals surface area contributed by atoms with Crippen molar-refractivity contribution in [2.75, 3.05) is 19.7 Å². The lowest BCUT2D eigenvalue weighted by Crippen LogP contribution is -2.45. The second-order valence-electron chi connectivity index (χ2n) is 6.16. The lowest BCUT2D eigenvalue weighted by Gasteiger charge is -2.35. The van der Waals surface area contributed by atoms with Crippen LogP contribution in [0, 0.1) is 0 Å². The van der Waals surface area contributed by atoms with E-state index in [9.17, 15) is 0 Å². The summed E-state index contributed by atoms with van der Waals surface area (Å²) in [6.45, 7) is 5.35. The summed E-state index contributed by atoms with van der Waals surface area (Å²) in [5.41, 5.74) is 0. The molecule has 118 valence electrons. The molecule has 1 aliphatic carbocycles. The van der Waals surface area contributed by atoms with E-state index < -0.39 is 0 Å². The van der Waals surface area contributed by atoms with Crippen molar-refractivity contribution < 1.29 is 9.26 Å². The van der Waals surface area contributed by atoms with E-state index in [-0.39, 0.29) is 12.1 Å². The molecule has 1 saturated heterocycles. The van der Waals surface area contributed by atoms with Crippen LogP contribution in [0.25, 0.3) is 0 Å². The minimum absolute atomic E-state index is 0.129. The van der Waals surface area contributed by atoms with Crippen LogP contribution in [0.1, 0.15) is 43.4 Å². The number of nitrogens with zero attached hydrogens (tertiary/aromatic N) is 5. The lowest BCUT2D eigenvalue weighted by molar-refractivity contribution is -0.0532. The molecule has 0 aromatic carbocycles. The van der Waals surface area contributed by atoms with Gasteiger partial charge in [-0.1, -0.05) is 5.16 Å². The van der Waals surface area contributed by atoms with E-state index in [4.69, 9.17) is 9.26 Å². The molecular formula is C15H21N5O2. The molecule has 0 radical (unpaired) electrons. The molecule has 2 aromatic heterocycles. The molecule has 3 heterocycles. The maximum absolute atomic E-state index is 5.85. The van der Waals surface area contributed by atoms with Crippen molar-refractivity contribution in [3.05, 3.63) is 30.2 Å². The Morgan fingerprint density at radius 3 is 3.09 bits per heavy atom. The first-order chi connectivity index (χ1) is 10.8. The van der Waals surface area contributed by atoms with Crippen LogP contribution in [0.2, 0.25) is 0 Å². The van der Waals surface area contributed by atoms with Crippen LogP contribution in [-0.4, -0.2) is 50.6 Å². The highest BCUT2D eigenvalue weighted by Crippen LogP contribution is 2.38. The van der Waals surface area contributed by atoms with E-state index >= 15 is 0 Å². The summed E-state index contributed by atoms with van der Waals surface area (Å²) < 4.78 is 13.2. The average molecular weight is 303 g/mol. The van der Waals surface area contributed by atoms with Crippen molar-refractivity contribution >= 4 is 0 Å². The van der Waals surface area contributed by atoms with E-state index in [2.05, 4.69) is 27.1 Å². The molecule has 0 unspecified atom stereocenters. The first-order valence-corrected chi connectivity index (χ1v) is 7.96. The highest BCUT2D eigenvalue weighted by atomic mass is 16.5. The Morgan fingerprint density at radius 1 is 1.41 bits per heavy atom. The number of rotatable bonds is 5. The van der Waals surface area contributed by atoms with Gasteiger partial charge >= 0.3 is 0 Å². The zero-order valence-corrected chi connectivity index (χ0v) is 12.8. The molecule has 0 spiro atoms. The molecule has 7 heteroatoms. The predicted octanol–water partition coefficient (Wildman–Crippen LogP) is 1.61. The summed E-state index contributed by atoms with van der Waals surface area (Å²) in [6.07, 6.45) is 6.28. The molecule has 1 aliphatic heterocycles. The van der Waals surface area contributed by atoms with Gasteiger partial charge in [0.05, 0.1) is 25.3 Å². The van der Waals surface area contributed by atoms with Crippen LogP contribution in [0.15, 0.2) is 23.0 Å². The molecule has 7 nitrogen and oxygen atoms in total. The van der Waals surface area contributed by atoms with Crippen molar-refractivity contribution in [1.82, 2.24) is 24.8 Å². The third kappa shape index (κ3) is 2.91. The fourth-order valence-electron chi connectivity index (χ4n) is 2.90. The molecule has 2 aliphatic rings. The Kier molecular flexibility index (Phi) is 3.67. The lowest BCUT2D eigenvalue weighted by atomic mass is 10.2. The van der Waals surface area contributed by atoms with Gasteiger partial charge < -0.3 is 9.26 Å². The SMILES string of the molecule is C[C@H](c1nc(C2CC2)no1)N1CCO[C@@H](Cn2cccn2)C1. The minimum Gasteiger partial charge on any atom is -0.374 e. The molecule has 2 atom stereocenters. The maximum Gasteiger partial charge on any atom is 0.243 e. The number of hydrogen-bond donors (Lipinski definition) is 0. The number of morpholine rings is 1. The van der Waals surface area contributed by atoms with Gasteiger partial charge in [-0.25, -0.2) is 0 Å². The Hall–Kier alpha value is -1.73. The maximum atomic E-state index is 5.85. The van der Waals surface area contributed by atoms with E-state index in [1.807, 2.05) is 16.9 Å². The fourth-order valence-corrected chi connectivity index (χ4v) is 2.90. The number of hydrogen-bond acceptors (Lipinski definition) is 6. The van der Waals surface area contributed by atoms with E-state index in [1.54, 1.807) is 6.20 Å². The van der Waals surface area contributed by atoms with Crippen LogP contribution in [0.4, 0.5) is 0 Å².